The summed E-state index contributed by atoms with van der Waals surface area (Å²) in [7, 11) is -4.00. The largest absolute Gasteiger partial charge is 0.296 e. The first-order valence-corrected chi connectivity index (χ1v) is 9.93. The highest BCUT2D eigenvalue weighted by molar-refractivity contribution is 7.89. The molecule has 11 heteroatoms. The molecule has 3 rings (SSSR count). The van der Waals surface area contributed by atoms with Gasteiger partial charge in [-0.1, -0.05) is 30.3 Å². The predicted octanol–water partition coefficient (Wildman–Crippen LogP) is 2.01. The van der Waals surface area contributed by atoms with Crippen LogP contribution in [-0.2, 0) is 16.6 Å². The van der Waals surface area contributed by atoms with E-state index in [1.165, 1.54) is 28.6 Å². The second-order valence-electron chi connectivity index (χ2n) is 6.29. The fourth-order valence-corrected chi connectivity index (χ4v) is 4.74. The second kappa shape index (κ2) is 8.00. The SMILES string of the molecule is O=[N+]([O-])c1ccccc1CN1CCN(S(=O)(=O)c2ccccc2[N+](=O)[O-])CC1. The van der Waals surface area contributed by atoms with Crippen molar-refractivity contribution in [1.82, 2.24) is 9.21 Å². The van der Waals surface area contributed by atoms with E-state index in [1.54, 1.807) is 18.2 Å². The molecule has 0 aliphatic carbocycles. The van der Waals surface area contributed by atoms with E-state index >= 15 is 0 Å². The Labute approximate surface area is 161 Å². The van der Waals surface area contributed by atoms with Crippen molar-refractivity contribution in [2.24, 2.45) is 0 Å². The van der Waals surface area contributed by atoms with Gasteiger partial charge in [0.1, 0.15) is 0 Å². The molecule has 148 valence electrons. The molecule has 0 unspecified atom stereocenters. The summed E-state index contributed by atoms with van der Waals surface area (Å²) < 4.78 is 26.9. The zero-order chi connectivity index (χ0) is 20.3. The maximum absolute atomic E-state index is 12.8. The van der Waals surface area contributed by atoms with Crippen LogP contribution in [0.1, 0.15) is 5.56 Å². The summed E-state index contributed by atoms with van der Waals surface area (Å²) in [6.45, 7) is 1.36. The van der Waals surface area contributed by atoms with Crippen LogP contribution < -0.4 is 0 Å². The lowest BCUT2D eigenvalue weighted by atomic mass is 10.1. The highest BCUT2D eigenvalue weighted by atomic mass is 32.2. The van der Waals surface area contributed by atoms with E-state index in [9.17, 15) is 28.6 Å². The summed E-state index contributed by atoms with van der Waals surface area (Å²) in [6.07, 6.45) is 0. The Morgan fingerprint density at radius 1 is 0.821 bits per heavy atom. The third kappa shape index (κ3) is 4.01. The molecule has 1 aliphatic rings. The lowest BCUT2D eigenvalue weighted by Crippen LogP contribution is -2.48. The summed E-state index contributed by atoms with van der Waals surface area (Å²) >= 11 is 0. The zero-order valence-corrected chi connectivity index (χ0v) is 15.6. The van der Waals surface area contributed by atoms with Crippen molar-refractivity contribution in [2.75, 3.05) is 26.2 Å². The molecule has 1 aliphatic heterocycles. The van der Waals surface area contributed by atoms with Gasteiger partial charge in [0.2, 0.25) is 10.0 Å². The van der Waals surface area contributed by atoms with Crippen molar-refractivity contribution in [1.29, 1.82) is 0 Å². The normalized spacial score (nSPS) is 16.0. The first-order valence-electron chi connectivity index (χ1n) is 8.49. The molecule has 0 N–H and O–H groups in total. The topological polar surface area (TPSA) is 127 Å². The molecule has 0 atom stereocenters. The molecule has 10 nitrogen and oxygen atoms in total. The number of nitro groups is 2. The molecule has 0 spiro atoms. The van der Waals surface area contributed by atoms with Crippen molar-refractivity contribution in [3.05, 3.63) is 74.3 Å². The van der Waals surface area contributed by atoms with Gasteiger partial charge in [0.05, 0.1) is 9.85 Å². The molecule has 0 amide bonds. The van der Waals surface area contributed by atoms with Gasteiger partial charge >= 0.3 is 0 Å². The highest BCUT2D eigenvalue weighted by Gasteiger charge is 2.33. The first-order chi connectivity index (χ1) is 13.3. The van der Waals surface area contributed by atoms with Crippen LogP contribution in [0, 0.1) is 20.2 Å². The van der Waals surface area contributed by atoms with E-state index in [0.717, 1.165) is 6.07 Å². The maximum atomic E-state index is 12.8. The number of nitrogens with zero attached hydrogens (tertiary/aromatic N) is 4. The van der Waals surface area contributed by atoms with E-state index in [-0.39, 0.29) is 23.7 Å². The van der Waals surface area contributed by atoms with E-state index < -0.39 is 25.6 Å². The molecule has 1 fully saturated rings. The number of sulfonamides is 1. The third-order valence-electron chi connectivity index (χ3n) is 4.59. The van der Waals surface area contributed by atoms with E-state index in [2.05, 4.69) is 0 Å². The number of rotatable bonds is 6. The molecular weight excluding hydrogens is 388 g/mol. The predicted molar refractivity (Wildman–Crippen MR) is 100 cm³/mol. The van der Waals surface area contributed by atoms with Crippen molar-refractivity contribution < 1.29 is 18.3 Å². The molecule has 0 bridgehead atoms. The summed E-state index contributed by atoms with van der Waals surface area (Å²) in [6, 6.07) is 11.7. The minimum Gasteiger partial charge on any atom is -0.296 e. The standard InChI is InChI=1S/C17H18N4O6S/c22-20(23)15-6-2-1-5-14(15)13-18-9-11-19(12-10-18)28(26,27)17-8-4-3-7-16(17)21(24)25/h1-8H,9-13H2. The quantitative estimate of drug-likeness (QED) is 0.530. The van der Waals surface area contributed by atoms with Gasteiger partial charge in [-0.3, -0.25) is 25.1 Å². The number of para-hydroxylation sites is 2. The number of piperazine rings is 1. The third-order valence-corrected chi connectivity index (χ3v) is 6.54. The molecule has 1 heterocycles. The van der Waals surface area contributed by atoms with Crippen LogP contribution in [-0.4, -0.2) is 53.6 Å². The monoisotopic (exact) mass is 406 g/mol. The molecule has 28 heavy (non-hydrogen) atoms. The van der Waals surface area contributed by atoms with Gasteiger partial charge in [-0.25, -0.2) is 8.42 Å². The van der Waals surface area contributed by atoms with Gasteiger partial charge in [-0.15, -0.1) is 0 Å². The molecule has 0 aromatic heterocycles. The van der Waals surface area contributed by atoms with Gasteiger partial charge in [-0.05, 0) is 6.07 Å². The number of benzene rings is 2. The Balaban J connectivity index is 1.72. The molecule has 0 saturated carbocycles. The molecule has 0 radical (unpaired) electrons. The minimum atomic E-state index is -4.00. The average Bonchev–Trinajstić information content (AvgIpc) is 2.68. The number of hydrogen-bond acceptors (Lipinski definition) is 7. The second-order valence-corrected chi connectivity index (χ2v) is 8.20. The van der Waals surface area contributed by atoms with Crippen LogP contribution in [0.15, 0.2) is 53.4 Å². The Morgan fingerprint density at radius 3 is 1.96 bits per heavy atom. The number of nitro benzene ring substituents is 2. The van der Waals surface area contributed by atoms with Gasteiger partial charge < -0.3 is 0 Å². The zero-order valence-electron chi connectivity index (χ0n) is 14.8. The van der Waals surface area contributed by atoms with Gasteiger partial charge in [0, 0.05) is 50.4 Å². The van der Waals surface area contributed by atoms with E-state index in [0.29, 0.717) is 25.2 Å². The van der Waals surface area contributed by atoms with Crippen molar-refractivity contribution >= 4 is 21.4 Å². The van der Waals surface area contributed by atoms with Crippen LogP contribution >= 0.6 is 0 Å². The Hall–Kier alpha value is -2.89. The van der Waals surface area contributed by atoms with Gasteiger partial charge in [0.25, 0.3) is 11.4 Å². The lowest BCUT2D eigenvalue weighted by Gasteiger charge is -2.33. The fourth-order valence-electron chi connectivity index (χ4n) is 3.16. The van der Waals surface area contributed by atoms with Crippen molar-refractivity contribution in [3.8, 4) is 0 Å². The minimum absolute atomic E-state index is 0.0254. The Bertz CT molecular complexity index is 1000. The Kier molecular flexibility index (Phi) is 5.68. The summed E-state index contributed by atoms with van der Waals surface area (Å²) in [5.74, 6) is 0. The van der Waals surface area contributed by atoms with Crippen LogP contribution in [0.3, 0.4) is 0 Å². The average molecular weight is 406 g/mol. The van der Waals surface area contributed by atoms with Crippen molar-refractivity contribution in [3.63, 3.8) is 0 Å². The van der Waals surface area contributed by atoms with Gasteiger partial charge in [-0.2, -0.15) is 4.31 Å². The van der Waals surface area contributed by atoms with Crippen LogP contribution in [0.4, 0.5) is 11.4 Å². The van der Waals surface area contributed by atoms with E-state index in [4.69, 9.17) is 0 Å². The highest BCUT2D eigenvalue weighted by Crippen LogP contribution is 2.27. The van der Waals surface area contributed by atoms with Gasteiger partial charge in [0.15, 0.2) is 4.90 Å². The molecule has 2 aromatic carbocycles. The van der Waals surface area contributed by atoms with E-state index in [1.807, 2.05) is 4.90 Å². The van der Waals surface area contributed by atoms with Crippen molar-refractivity contribution in [2.45, 2.75) is 11.4 Å². The molecule has 2 aromatic rings. The fraction of sp³-hybridized carbons (Fsp3) is 0.294. The maximum Gasteiger partial charge on any atom is 0.289 e. The number of hydrogen-bond donors (Lipinski definition) is 0. The first kappa shape index (κ1) is 19.9. The summed E-state index contributed by atoms with van der Waals surface area (Å²) in [5, 5.41) is 22.3. The molecule has 1 saturated heterocycles. The molecular formula is C17H18N4O6S. The van der Waals surface area contributed by atoms with Crippen LogP contribution in [0.2, 0.25) is 0 Å². The summed E-state index contributed by atoms with van der Waals surface area (Å²) in [4.78, 5) is 22.7. The summed E-state index contributed by atoms with van der Waals surface area (Å²) in [5.41, 5.74) is 0.129. The van der Waals surface area contributed by atoms with Crippen LogP contribution in [0.5, 0.6) is 0 Å². The Morgan fingerprint density at radius 2 is 1.36 bits per heavy atom. The smallest absolute Gasteiger partial charge is 0.289 e. The van der Waals surface area contributed by atoms with Crippen LogP contribution in [0.25, 0.3) is 0 Å². The lowest BCUT2D eigenvalue weighted by molar-refractivity contribution is -0.387.